The normalized spacial score (nSPS) is 45.1. The van der Waals surface area contributed by atoms with Gasteiger partial charge in [-0.05, 0) is 74.2 Å². The molecule has 3 fully saturated rings. The first-order chi connectivity index (χ1) is 13.3. The molecule has 3 saturated carbocycles. The predicted octanol–water partition coefficient (Wildman–Crippen LogP) is 2.83. The molecule has 0 bridgehead atoms. The summed E-state index contributed by atoms with van der Waals surface area (Å²) in [4.78, 5) is 24.8. The van der Waals surface area contributed by atoms with E-state index in [1.165, 1.54) is 5.57 Å². The fourth-order valence-corrected chi connectivity index (χ4v) is 7.38. The van der Waals surface area contributed by atoms with E-state index in [4.69, 9.17) is 9.84 Å². The van der Waals surface area contributed by atoms with Gasteiger partial charge in [0.25, 0.3) is 0 Å². The Morgan fingerprint density at radius 3 is 2.64 bits per heavy atom. The average Bonchev–Trinajstić information content (AvgIpc) is 2.95. The molecule has 5 nitrogen and oxygen atoms in total. The van der Waals surface area contributed by atoms with Crippen molar-refractivity contribution in [2.45, 2.75) is 70.8 Å². The van der Waals surface area contributed by atoms with Gasteiger partial charge in [-0.2, -0.15) is 0 Å². The summed E-state index contributed by atoms with van der Waals surface area (Å²) in [5.74, 6) is 1.44. The summed E-state index contributed by atoms with van der Waals surface area (Å²) in [5.41, 5.74) is -0.281. The van der Waals surface area contributed by atoms with Crippen LogP contribution in [-0.4, -0.2) is 47.2 Å². The van der Waals surface area contributed by atoms with Crippen molar-refractivity contribution >= 4 is 11.6 Å². The third kappa shape index (κ3) is 2.77. The van der Waals surface area contributed by atoms with E-state index < -0.39 is 11.0 Å². The molecule has 0 aromatic heterocycles. The Balaban J connectivity index is 1.58. The van der Waals surface area contributed by atoms with Crippen molar-refractivity contribution < 1.29 is 24.5 Å². The maximum Gasteiger partial charge on any atom is 0.190 e. The van der Waals surface area contributed by atoms with Crippen LogP contribution in [0.5, 0.6) is 0 Å². The fourth-order valence-electron chi connectivity index (χ4n) is 7.38. The van der Waals surface area contributed by atoms with Gasteiger partial charge < -0.3 is 14.9 Å². The number of carbonyl (C=O) groups excluding carboxylic acids is 2. The van der Waals surface area contributed by atoms with Crippen LogP contribution in [0.2, 0.25) is 0 Å². The number of rotatable bonds is 5. The zero-order valence-electron chi connectivity index (χ0n) is 17.2. The van der Waals surface area contributed by atoms with Crippen molar-refractivity contribution in [2.75, 3.05) is 19.8 Å². The van der Waals surface area contributed by atoms with Crippen molar-refractivity contribution in [1.29, 1.82) is 0 Å². The first kappa shape index (κ1) is 20.2. The predicted molar refractivity (Wildman–Crippen MR) is 105 cm³/mol. The summed E-state index contributed by atoms with van der Waals surface area (Å²) in [6, 6.07) is 0. The van der Waals surface area contributed by atoms with Gasteiger partial charge in [-0.25, -0.2) is 0 Å². The summed E-state index contributed by atoms with van der Waals surface area (Å²) in [5, 5.41) is 20.4. The van der Waals surface area contributed by atoms with Gasteiger partial charge in [0.05, 0.1) is 13.2 Å². The Bertz CT molecular complexity index is 699. The molecule has 0 unspecified atom stereocenters. The molecule has 0 aromatic carbocycles. The molecule has 0 amide bonds. The van der Waals surface area contributed by atoms with E-state index >= 15 is 0 Å². The van der Waals surface area contributed by atoms with E-state index in [9.17, 15) is 14.7 Å². The lowest BCUT2D eigenvalue weighted by molar-refractivity contribution is -0.166. The largest absolute Gasteiger partial charge is 0.394 e. The number of fused-ring (bicyclic) bond motifs is 5. The van der Waals surface area contributed by atoms with Gasteiger partial charge >= 0.3 is 0 Å². The summed E-state index contributed by atoms with van der Waals surface area (Å²) in [7, 11) is 0. The molecule has 6 atom stereocenters. The first-order valence-electron chi connectivity index (χ1n) is 10.9. The maximum atomic E-state index is 12.9. The first-order valence-corrected chi connectivity index (χ1v) is 10.9. The van der Waals surface area contributed by atoms with Crippen molar-refractivity contribution in [3.8, 4) is 0 Å². The van der Waals surface area contributed by atoms with Crippen molar-refractivity contribution in [3.63, 3.8) is 0 Å². The smallest absolute Gasteiger partial charge is 0.190 e. The third-order valence-electron chi connectivity index (χ3n) is 9.04. The highest BCUT2D eigenvalue weighted by Gasteiger charge is 2.66. The second-order valence-electron chi connectivity index (χ2n) is 10.0. The topological polar surface area (TPSA) is 83.8 Å². The lowest BCUT2D eigenvalue weighted by Crippen LogP contribution is -2.58. The highest BCUT2D eigenvalue weighted by molar-refractivity contribution is 5.91. The molecule has 4 aliphatic carbocycles. The van der Waals surface area contributed by atoms with Crippen molar-refractivity contribution in [1.82, 2.24) is 0 Å². The molecule has 0 radical (unpaired) electrons. The van der Waals surface area contributed by atoms with E-state index in [2.05, 4.69) is 13.8 Å². The quantitative estimate of drug-likeness (QED) is 0.705. The number of hydrogen-bond donors (Lipinski definition) is 2. The molecule has 0 heterocycles. The van der Waals surface area contributed by atoms with Crippen LogP contribution >= 0.6 is 0 Å². The summed E-state index contributed by atoms with van der Waals surface area (Å²) in [6.45, 7) is 4.34. The molecular formula is C23H34O5. The van der Waals surface area contributed by atoms with E-state index in [-0.39, 0.29) is 36.8 Å². The Labute approximate surface area is 167 Å². The molecule has 156 valence electrons. The van der Waals surface area contributed by atoms with Crippen LogP contribution in [0.15, 0.2) is 11.6 Å². The number of ether oxygens (including phenoxy) is 1. The Hall–Kier alpha value is -1.04. The Kier molecular flexibility index (Phi) is 5.08. The van der Waals surface area contributed by atoms with Crippen LogP contribution in [0.4, 0.5) is 0 Å². The van der Waals surface area contributed by atoms with Crippen LogP contribution in [0.1, 0.15) is 65.2 Å². The maximum absolute atomic E-state index is 12.9. The molecule has 0 aromatic rings. The Morgan fingerprint density at radius 1 is 1.14 bits per heavy atom. The second kappa shape index (κ2) is 7.03. The van der Waals surface area contributed by atoms with E-state index in [1.54, 1.807) is 0 Å². The summed E-state index contributed by atoms with van der Waals surface area (Å²) >= 11 is 0. The van der Waals surface area contributed by atoms with Gasteiger partial charge in [-0.1, -0.05) is 19.4 Å². The van der Waals surface area contributed by atoms with Crippen LogP contribution in [0, 0.1) is 28.6 Å². The Morgan fingerprint density at radius 2 is 1.89 bits per heavy atom. The van der Waals surface area contributed by atoms with Crippen LogP contribution in [0.25, 0.3) is 0 Å². The van der Waals surface area contributed by atoms with Crippen molar-refractivity contribution in [2.24, 2.45) is 28.6 Å². The molecule has 28 heavy (non-hydrogen) atoms. The van der Waals surface area contributed by atoms with E-state index in [1.807, 2.05) is 6.08 Å². The number of allylic oxidation sites excluding steroid dienone is 1. The summed E-state index contributed by atoms with van der Waals surface area (Å²) < 4.78 is 5.25. The molecule has 4 rings (SSSR count). The van der Waals surface area contributed by atoms with Crippen molar-refractivity contribution in [3.05, 3.63) is 11.6 Å². The standard InChI is InChI=1S/C23H34O5/c1-21-8-5-16(25)13-15(21)3-4-17-18(21)6-9-22(2)19(17)7-10-23(22,27)20(26)14-28-12-11-24/h13,17-19,24,27H,3-12,14H2,1-2H3/t17-,18+,19+,21+,22+,23-/m1/s1. The zero-order valence-corrected chi connectivity index (χ0v) is 17.2. The van der Waals surface area contributed by atoms with Gasteiger partial charge in [0.2, 0.25) is 0 Å². The number of aliphatic hydroxyl groups excluding tert-OH is 1. The van der Waals surface area contributed by atoms with Crippen LogP contribution < -0.4 is 0 Å². The molecule has 0 saturated heterocycles. The van der Waals surface area contributed by atoms with Crippen LogP contribution in [0.3, 0.4) is 0 Å². The zero-order chi connectivity index (χ0) is 20.2. The number of aliphatic hydroxyl groups is 2. The lowest BCUT2D eigenvalue weighted by atomic mass is 9.46. The highest BCUT2D eigenvalue weighted by atomic mass is 16.5. The monoisotopic (exact) mass is 390 g/mol. The molecule has 0 spiro atoms. The molecule has 4 aliphatic rings. The van der Waals surface area contributed by atoms with Gasteiger partial charge in [0, 0.05) is 11.8 Å². The third-order valence-corrected chi connectivity index (χ3v) is 9.04. The minimum Gasteiger partial charge on any atom is -0.394 e. The fraction of sp³-hybridized carbons (Fsp3) is 0.826. The van der Waals surface area contributed by atoms with Crippen LogP contribution in [-0.2, 0) is 14.3 Å². The number of Topliss-reactive ketones (excluding diaryl/α,β-unsaturated/α-hetero) is 1. The number of ketones is 2. The number of hydrogen-bond acceptors (Lipinski definition) is 5. The van der Waals surface area contributed by atoms with E-state index in [0.717, 1.165) is 38.5 Å². The average molecular weight is 391 g/mol. The number of carbonyl (C=O) groups is 2. The minimum atomic E-state index is -1.32. The second-order valence-corrected chi connectivity index (χ2v) is 10.0. The minimum absolute atomic E-state index is 0.104. The lowest BCUT2D eigenvalue weighted by Gasteiger charge is -2.58. The highest BCUT2D eigenvalue weighted by Crippen LogP contribution is 2.67. The summed E-state index contributed by atoms with van der Waals surface area (Å²) in [6.07, 6.45) is 8.79. The molecule has 0 aliphatic heterocycles. The SMILES string of the molecule is C[C@]12CCC(=O)C=C1CC[C@@H]1[C@@H]2CC[C@@]2(C)[C@H]1CC[C@@]2(O)C(=O)COCCO. The van der Waals surface area contributed by atoms with E-state index in [0.29, 0.717) is 30.6 Å². The molecular weight excluding hydrogens is 356 g/mol. The van der Waals surface area contributed by atoms with Gasteiger partial charge in [0.15, 0.2) is 11.6 Å². The van der Waals surface area contributed by atoms with Gasteiger partial charge in [-0.15, -0.1) is 0 Å². The molecule has 5 heteroatoms. The molecule has 2 N–H and O–H groups in total. The van der Waals surface area contributed by atoms with Gasteiger partial charge in [-0.3, -0.25) is 9.59 Å². The van der Waals surface area contributed by atoms with Gasteiger partial charge in [0.1, 0.15) is 12.2 Å².